The number of thiazole rings is 2. The monoisotopic (exact) mass is 498 g/mol. The average Bonchev–Trinajstić information content (AvgIpc) is 3.69. The zero-order chi connectivity index (χ0) is 23.6. The Hall–Kier alpha value is -4.08. The Bertz CT molecular complexity index is 1420. The predicted octanol–water partition coefficient (Wildman–Crippen LogP) is 6.07. The van der Waals surface area contributed by atoms with Crippen molar-refractivity contribution in [2.45, 2.75) is 0 Å². The zero-order valence-corrected chi connectivity index (χ0v) is 20.0. The molecule has 6 rings (SSSR count). The molecule has 0 amide bonds. The number of piperidine rings is 1. The van der Waals surface area contributed by atoms with E-state index in [0.29, 0.717) is 35.8 Å². The maximum atomic E-state index is 13.5. The van der Waals surface area contributed by atoms with Crippen LogP contribution in [-0.4, -0.2) is 33.8 Å². The number of pyridine rings is 1. The zero-order valence-electron chi connectivity index (χ0n) is 18.3. The van der Waals surface area contributed by atoms with E-state index in [-0.39, 0.29) is 5.78 Å². The normalized spacial score (nSPS) is 16.5. The molecule has 0 saturated carbocycles. The molecule has 0 radical (unpaired) electrons. The van der Waals surface area contributed by atoms with E-state index < -0.39 is 0 Å². The molecule has 0 N–H and O–H groups in total. The molecule has 5 aromatic heterocycles. The van der Waals surface area contributed by atoms with Crippen LogP contribution >= 0.6 is 22.7 Å². The predicted molar refractivity (Wildman–Crippen MR) is 137 cm³/mol. The molecule has 0 bridgehead atoms. The molecule has 172 valence electrons. The van der Waals surface area contributed by atoms with Crippen LogP contribution in [0.1, 0.15) is 11.4 Å². The van der Waals surface area contributed by atoms with Crippen molar-refractivity contribution < 1.29 is 13.6 Å². The molecule has 5 aromatic rings. The lowest BCUT2D eigenvalue weighted by Gasteiger charge is -2.30. The highest BCUT2D eigenvalue weighted by Crippen LogP contribution is 2.29. The van der Waals surface area contributed by atoms with Crippen molar-refractivity contribution in [3.05, 3.63) is 94.5 Å². The number of hydrogen-bond donors (Lipinski definition) is 0. The molecular weight excluding hydrogens is 480 g/mol. The third kappa shape index (κ3) is 4.51. The molecule has 1 aliphatic rings. The Morgan fingerprint density at radius 1 is 0.800 bits per heavy atom. The van der Waals surface area contributed by atoms with E-state index in [9.17, 15) is 4.79 Å². The summed E-state index contributed by atoms with van der Waals surface area (Å²) in [5.74, 6) is 2.21. The molecule has 1 saturated heterocycles. The summed E-state index contributed by atoms with van der Waals surface area (Å²) in [5.41, 5.74) is 2.73. The SMILES string of the molecule is O=C1/C(=C\c2csc(-c3ccco3)n2)CN(c2ccccn2)C/C1=C\c1csc(-c2ccco2)n1. The number of hydrogen-bond acceptors (Lipinski definition) is 9. The number of carbonyl (C=O) groups is 1. The van der Waals surface area contributed by atoms with Crippen LogP contribution in [0.2, 0.25) is 0 Å². The van der Waals surface area contributed by atoms with Crippen molar-refractivity contribution in [1.82, 2.24) is 15.0 Å². The first kappa shape index (κ1) is 21.5. The molecular formula is C26H18N4O3S2. The maximum absolute atomic E-state index is 13.5. The van der Waals surface area contributed by atoms with Gasteiger partial charge in [-0.05, 0) is 48.6 Å². The van der Waals surface area contributed by atoms with Crippen LogP contribution in [0.4, 0.5) is 5.82 Å². The van der Waals surface area contributed by atoms with Crippen molar-refractivity contribution in [2.24, 2.45) is 0 Å². The van der Waals surface area contributed by atoms with E-state index in [1.807, 2.05) is 65.4 Å². The molecule has 1 aliphatic heterocycles. The molecule has 0 atom stereocenters. The van der Waals surface area contributed by atoms with Crippen molar-refractivity contribution in [1.29, 1.82) is 0 Å². The van der Waals surface area contributed by atoms with E-state index in [1.165, 1.54) is 22.7 Å². The third-order valence-electron chi connectivity index (χ3n) is 5.43. The number of Topliss-reactive ketones (excluding diaryl/α,β-unsaturated/α-hetero) is 1. The highest BCUT2D eigenvalue weighted by Gasteiger charge is 2.27. The fourth-order valence-corrected chi connectivity index (χ4v) is 5.32. The van der Waals surface area contributed by atoms with Crippen LogP contribution < -0.4 is 4.90 Å². The minimum absolute atomic E-state index is 0.0164. The summed E-state index contributed by atoms with van der Waals surface area (Å²) in [4.78, 5) is 29.4. The molecule has 35 heavy (non-hydrogen) atoms. The van der Waals surface area contributed by atoms with Crippen LogP contribution in [0.25, 0.3) is 33.7 Å². The van der Waals surface area contributed by atoms with Crippen molar-refractivity contribution in [3.8, 4) is 21.5 Å². The van der Waals surface area contributed by atoms with Gasteiger partial charge >= 0.3 is 0 Å². The second kappa shape index (κ2) is 9.28. The largest absolute Gasteiger partial charge is 0.462 e. The molecule has 0 spiro atoms. The standard InChI is InChI=1S/C26H18N4O3S2/c31-24-17(11-19-15-34-25(28-19)21-5-3-9-32-21)13-30(23-7-1-2-8-27-23)14-18(24)12-20-16-35-26(29-20)22-6-4-10-33-22/h1-12,15-16H,13-14H2/b17-11-,18-12+. The van der Waals surface area contributed by atoms with Gasteiger partial charge in [-0.1, -0.05) is 6.07 Å². The summed E-state index contributed by atoms with van der Waals surface area (Å²) < 4.78 is 10.9. The fraction of sp³-hybridized carbons (Fsp3) is 0.0769. The topological polar surface area (TPSA) is 85.3 Å². The van der Waals surface area contributed by atoms with Crippen LogP contribution in [0.15, 0.2) is 91.9 Å². The number of furan rings is 2. The molecule has 9 heteroatoms. The number of anilines is 1. The first-order valence-electron chi connectivity index (χ1n) is 10.8. The highest BCUT2D eigenvalue weighted by atomic mass is 32.1. The lowest BCUT2D eigenvalue weighted by atomic mass is 9.96. The van der Waals surface area contributed by atoms with Gasteiger partial charge in [0, 0.05) is 41.2 Å². The van der Waals surface area contributed by atoms with E-state index >= 15 is 0 Å². The minimum Gasteiger partial charge on any atom is -0.462 e. The van der Waals surface area contributed by atoms with Crippen LogP contribution in [-0.2, 0) is 4.79 Å². The summed E-state index contributed by atoms with van der Waals surface area (Å²) in [6.45, 7) is 0.880. The number of rotatable bonds is 5. The van der Waals surface area contributed by atoms with Gasteiger partial charge in [0.15, 0.2) is 27.3 Å². The molecule has 0 aromatic carbocycles. The van der Waals surface area contributed by atoms with Crippen molar-refractivity contribution >= 4 is 46.4 Å². The molecule has 7 nitrogen and oxygen atoms in total. The first-order valence-corrected chi connectivity index (χ1v) is 12.6. The summed E-state index contributed by atoms with van der Waals surface area (Å²) >= 11 is 2.96. The van der Waals surface area contributed by atoms with Crippen molar-refractivity contribution in [2.75, 3.05) is 18.0 Å². The van der Waals surface area contributed by atoms with E-state index in [0.717, 1.165) is 27.2 Å². The summed E-state index contributed by atoms with van der Waals surface area (Å²) in [6.07, 6.45) is 8.70. The van der Waals surface area contributed by atoms with E-state index in [2.05, 4.69) is 19.9 Å². The fourth-order valence-electron chi connectivity index (χ4n) is 3.83. The lowest BCUT2D eigenvalue weighted by Crippen LogP contribution is -2.38. The van der Waals surface area contributed by atoms with Gasteiger partial charge < -0.3 is 13.7 Å². The molecule has 0 unspecified atom stereocenters. The first-order chi connectivity index (χ1) is 17.2. The third-order valence-corrected chi connectivity index (χ3v) is 7.18. The van der Waals surface area contributed by atoms with Gasteiger partial charge in [-0.2, -0.15) is 0 Å². The lowest BCUT2D eigenvalue weighted by molar-refractivity contribution is -0.112. The second-order valence-corrected chi connectivity index (χ2v) is 9.54. The van der Waals surface area contributed by atoms with Gasteiger partial charge in [-0.25, -0.2) is 15.0 Å². The average molecular weight is 499 g/mol. The van der Waals surface area contributed by atoms with Gasteiger partial charge in [-0.3, -0.25) is 4.79 Å². The quantitative estimate of drug-likeness (QED) is 0.272. The van der Waals surface area contributed by atoms with Gasteiger partial charge in [0.2, 0.25) is 0 Å². The van der Waals surface area contributed by atoms with Crippen LogP contribution in [0, 0.1) is 0 Å². The van der Waals surface area contributed by atoms with Crippen molar-refractivity contribution in [3.63, 3.8) is 0 Å². The number of nitrogens with zero attached hydrogens (tertiary/aromatic N) is 4. The van der Waals surface area contributed by atoms with E-state index in [4.69, 9.17) is 8.83 Å². The minimum atomic E-state index is -0.0164. The Balaban J connectivity index is 1.35. The van der Waals surface area contributed by atoms with Gasteiger partial charge in [-0.15, -0.1) is 22.7 Å². The molecule has 6 heterocycles. The number of ketones is 1. The molecule has 0 aliphatic carbocycles. The Morgan fingerprint density at radius 3 is 1.89 bits per heavy atom. The number of carbonyl (C=O) groups excluding carboxylic acids is 1. The highest BCUT2D eigenvalue weighted by molar-refractivity contribution is 7.13. The maximum Gasteiger partial charge on any atom is 0.188 e. The van der Waals surface area contributed by atoms with Gasteiger partial charge in [0.1, 0.15) is 5.82 Å². The van der Waals surface area contributed by atoms with Gasteiger partial charge in [0.25, 0.3) is 0 Å². The summed E-state index contributed by atoms with van der Waals surface area (Å²) in [7, 11) is 0. The smallest absolute Gasteiger partial charge is 0.188 e. The Kier molecular flexibility index (Phi) is 5.69. The Labute approximate surface area is 208 Å². The van der Waals surface area contributed by atoms with Crippen LogP contribution in [0.3, 0.4) is 0 Å². The molecule has 1 fully saturated rings. The van der Waals surface area contributed by atoms with Gasteiger partial charge in [0.05, 0.1) is 23.9 Å². The number of aromatic nitrogens is 3. The summed E-state index contributed by atoms with van der Waals surface area (Å²) in [6, 6.07) is 13.2. The second-order valence-electron chi connectivity index (χ2n) is 7.82. The summed E-state index contributed by atoms with van der Waals surface area (Å²) in [5, 5.41) is 5.40. The van der Waals surface area contributed by atoms with E-state index in [1.54, 1.807) is 18.7 Å². The Morgan fingerprint density at radius 2 is 1.40 bits per heavy atom. The van der Waals surface area contributed by atoms with Crippen LogP contribution in [0.5, 0.6) is 0 Å².